The molecule has 7 nitrogen and oxygen atoms in total. The van der Waals surface area contributed by atoms with Crippen LogP contribution in [-0.4, -0.2) is 30.8 Å². The number of hydrogen-bond acceptors (Lipinski definition) is 6. The summed E-state index contributed by atoms with van der Waals surface area (Å²) in [6, 6.07) is 9.19. The van der Waals surface area contributed by atoms with Crippen LogP contribution >= 0.6 is 11.6 Å². The first kappa shape index (κ1) is 20.0. The van der Waals surface area contributed by atoms with Gasteiger partial charge in [-0.1, -0.05) is 29.8 Å². The number of carbonyl (C=O) groups excluding carboxylic acids is 2. The molecule has 148 valence electrons. The molecule has 0 saturated heterocycles. The lowest BCUT2D eigenvalue weighted by Crippen LogP contribution is -2.37. The quantitative estimate of drug-likeness (QED) is 0.596. The molecule has 0 fully saturated rings. The number of nitrogens with zero attached hydrogens (tertiary/aromatic N) is 1. The molecular weight excluding hydrogens is 384 g/mol. The van der Waals surface area contributed by atoms with Crippen molar-refractivity contribution in [1.29, 1.82) is 0 Å². The Morgan fingerprint density at radius 1 is 1.32 bits per heavy atom. The van der Waals surface area contributed by atoms with Gasteiger partial charge in [-0.3, -0.25) is 4.79 Å². The number of carbonyl (C=O) groups is 2. The molecule has 1 atom stereocenters. The van der Waals surface area contributed by atoms with E-state index in [1.54, 1.807) is 23.1 Å². The largest absolute Gasteiger partial charge is 0.513 e. The number of rotatable bonds is 4. The number of benzene rings is 2. The fraction of sp³-hybridized carbons (Fsp3) is 0.300. The summed E-state index contributed by atoms with van der Waals surface area (Å²) in [5.74, 6) is 0.108. The van der Waals surface area contributed by atoms with Crippen molar-refractivity contribution in [3.8, 4) is 11.5 Å². The van der Waals surface area contributed by atoms with Crippen molar-refractivity contribution >= 4 is 29.4 Å². The number of nitrogens with two attached hydrogens (primary N) is 1. The molecule has 3 N–H and O–H groups in total. The van der Waals surface area contributed by atoms with Crippen LogP contribution in [0.1, 0.15) is 30.0 Å². The van der Waals surface area contributed by atoms with Gasteiger partial charge in [0.2, 0.25) is 5.91 Å². The number of methoxy groups -OCH3 is 1. The van der Waals surface area contributed by atoms with Crippen LogP contribution in [0.2, 0.25) is 5.02 Å². The summed E-state index contributed by atoms with van der Waals surface area (Å²) in [5.41, 5.74) is 8.26. The zero-order valence-corrected chi connectivity index (χ0v) is 16.1. The van der Waals surface area contributed by atoms with Gasteiger partial charge in [-0.25, -0.2) is 4.79 Å². The van der Waals surface area contributed by atoms with Gasteiger partial charge in [0.1, 0.15) is 11.5 Å². The van der Waals surface area contributed by atoms with Crippen LogP contribution in [0.4, 0.5) is 10.5 Å². The van der Waals surface area contributed by atoms with Crippen molar-refractivity contribution in [3.63, 3.8) is 0 Å². The van der Waals surface area contributed by atoms with E-state index < -0.39 is 12.2 Å². The summed E-state index contributed by atoms with van der Waals surface area (Å²) >= 11 is 6.25. The topological polar surface area (TPSA) is 102 Å². The van der Waals surface area contributed by atoms with E-state index in [1.165, 1.54) is 19.2 Å². The molecule has 0 spiro atoms. The number of para-hydroxylation sites is 1. The van der Waals surface area contributed by atoms with E-state index in [2.05, 4.69) is 4.74 Å². The second-order valence-corrected chi connectivity index (χ2v) is 6.89. The summed E-state index contributed by atoms with van der Waals surface area (Å²) in [5, 5.41) is 10.5. The molecule has 0 aromatic heterocycles. The molecule has 2 aromatic rings. The van der Waals surface area contributed by atoms with Gasteiger partial charge in [-0.15, -0.1) is 0 Å². The molecule has 0 bridgehead atoms. The molecule has 1 aliphatic heterocycles. The van der Waals surface area contributed by atoms with E-state index in [-0.39, 0.29) is 28.8 Å². The number of hydrogen-bond donors (Lipinski definition) is 2. The molecular formula is C20H21ClN2O5. The van der Waals surface area contributed by atoms with Crippen molar-refractivity contribution in [2.75, 3.05) is 18.6 Å². The van der Waals surface area contributed by atoms with Gasteiger partial charge in [0.25, 0.3) is 0 Å². The third kappa shape index (κ3) is 4.21. The summed E-state index contributed by atoms with van der Waals surface area (Å²) < 4.78 is 9.35. The number of amides is 1. The first-order valence-corrected chi connectivity index (χ1v) is 9.20. The first-order chi connectivity index (χ1) is 13.4. The SMILES string of the molecule is COC(=O)Oc1ccc(C(N)CC(=O)N2CCCc3cccc(O)c32)c(Cl)c1. The van der Waals surface area contributed by atoms with E-state index in [4.69, 9.17) is 22.1 Å². The highest BCUT2D eigenvalue weighted by atomic mass is 35.5. The van der Waals surface area contributed by atoms with Gasteiger partial charge in [0.15, 0.2) is 0 Å². The number of aromatic hydroxyl groups is 1. The Morgan fingerprint density at radius 3 is 2.82 bits per heavy atom. The third-order valence-electron chi connectivity index (χ3n) is 4.63. The number of aryl methyl sites for hydroxylation is 1. The highest BCUT2D eigenvalue weighted by molar-refractivity contribution is 6.31. The van der Waals surface area contributed by atoms with Crippen molar-refractivity contribution in [1.82, 2.24) is 0 Å². The van der Waals surface area contributed by atoms with E-state index in [0.29, 0.717) is 17.8 Å². The van der Waals surface area contributed by atoms with Crippen LogP contribution in [0.25, 0.3) is 0 Å². The monoisotopic (exact) mass is 404 g/mol. The molecule has 0 aliphatic carbocycles. The molecule has 1 heterocycles. The van der Waals surface area contributed by atoms with Crippen molar-refractivity contribution in [2.24, 2.45) is 5.73 Å². The fourth-order valence-corrected chi connectivity index (χ4v) is 3.61. The normalized spacial score (nSPS) is 14.2. The number of fused-ring (bicyclic) bond motifs is 1. The smallest absolute Gasteiger partial charge is 0.506 e. The molecule has 28 heavy (non-hydrogen) atoms. The average Bonchev–Trinajstić information content (AvgIpc) is 2.67. The van der Waals surface area contributed by atoms with Crippen LogP contribution in [0, 0.1) is 0 Å². The molecule has 0 radical (unpaired) electrons. The molecule has 8 heteroatoms. The minimum Gasteiger partial charge on any atom is -0.506 e. The highest BCUT2D eigenvalue weighted by Gasteiger charge is 2.27. The van der Waals surface area contributed by atoms with Crippen LogP contribution < -0.4 is 15.4 Å². The summed E-state index contributed by atoms with van der Waals surface area (Å²) in [6.45, 7) is 0.524. The summed E-state index contributed by atoms with van der Waals surface area (Å²) in [4.78, 5) is 25.6. The second kappa shape index (κ2) is 8.50. The van der Waals surface area contributed by atoms with Crippen LogP contribution in [0.15, 0.2) is 36.4 Å². The standard InChI is InChI=1S/C20H21ClN2O5/c1-27-20(26)28-13-7-8-14(15(21)10-13)16(22)11-18(25)23-9-3-5-12-4-2-6-17(24)19(12)23/h2,4,6-8,10,16,24H,3,5,9,11,22H2,1H3. The average molecular weight is 405 g/mol. The minimum absolute atomic E-state index is 0.0186. The minimum atomic E-state index is -0.855. The van der Waals surface area contributed by atoms with Crippen molar-refractivity contribution < 1.29 is 24.2 Å². The first-order valence-electron chi connectivity index (χ1n) is 8.82. The van der Waals surface area contributed by atoms with Crippen LogP contribution in [0.3, 0.4) is 0 Å². The zero-order valence-electron chi connectivity index (χ0n) is 15.4. The number of anilines is 1. The van der Waals surface area contributed by atoms with E-state index in [1.807, 2.05) is 6.07 Å². The van der Waals surface area contributed by atoms with Gasteiger partial charge in [-0.05, 0) is 42.2 Å². The van der Waals surface area contributed by atoms with E-state index in [9.17, 15) is 14.7 Å². The van der Waals surface area contributed by atoms with Gasteiger partial charge < -0.3 is 25.2 Å². The lowest BCUT2D eigenvalue weighted by atomic mass is 9.99. The maximum atomic E-state index is 12.9. The number of phenolic OH excluding ortho intramolecular Hbond substituents is 1. The maximum absolute atomic E-state index is 12.9. The maximum Gasteiger partial charge on any atom is 0.513 e. The zero-order chi connectivity index (χ0) is 20.3. The second-order valence-electron chi connectivity index (χ2n) is 6.48. The Labute approximate surface area is 167 Å². The Kier molecular flexibility index (Phi) is 6.06. The lowest BCUT2D eigenvalue weighted by Gasteiger charge is -2.31. The summed E-state index contributed by atoms with van der Waals surface area (Å²) in [6.07, 6.45) is 0.794. The predicted molar refractivity (Wildman–Crippen MR) is 105 cm³/mol. The van der Waals surface area contributed by atoms with E-state index >= 15 is 0 Å². The fourth-order valence-electron chi connectivity index (χ4n) is 3.30. The molecule has 0 saturated carbocycles. The molecule has 1 amide bonds. The van der Waals surface area contributed by atoms with Gasteiger partial charge in [0, 0.05) is 24.0 Å². The third-order valence-corrected chi connectivity index (χ3v) is 4.96. The van der Waals surface area contributed by atoms with Gasteiger partial charge >= 0.3 is 6.16 Å². The molecule has 2 aromatic carbocycles. The molecule has 1 unspecified atom stereocenters. The van der Waals surface area contributed by atoms with Gasteiger partial charge in [-0.2, -0.15) is 0 Å². The van der Waals surface area contributed by atoms with E-state index in [0.717, 1.165) is 18.4 Å². The molecule has 1 aliphatic rings. The lowest BCUT2D eigenvalue weighted by molar-refractivity contribution is -0.119. The molecule has 3 rings (SSSR count). The Balaban J connectivity index is 1.74. The predicted octanol–water partition coefficient (Wildman–Crippen LogP) is 3.56. The van der Waals surface area contributed by atoms with Crippen molar-refractivity contribution in [2.45, 2.75) is 25.3 Å². The van der Waals surface area contributed by atoms with Crippen molar-refractivity contribution in [3.05, 3.63) is 52.5 Å². The van der Waals surface area contributed by atoms with Gasteiger partial charge in [0.05, 0.1) is 12.8 Å². The Hall–Kier alpha value is -2.77. The Morgan fingerprint density at radius 2 is 2.11 bits per heavy atom. The van der Waals surface area contributed by atoms with Crippen LogP contribution in [0.5, 0.6) is 11.5 Å². The number of halogens is 1. The highest BCUT2D eigenvalue weighted by Crippen LogP contribution is 2.36. The number of ether oxygens (including phenoxy) is 2. The summed E-state index contributed by atoms with van der Waals surface area (Å²) in [7, 11) is 1.20. The van der Waals surface area contributed by atoms with Crippen LogP contribution in [-0.2, 0) is 16.0 Å². The number of phenols is 1. The Bertz CT molecular complexity index is 902.